The average molecular weight is 409 g/mol. The number of carbonyl (C=O) groups excluding carboxylic acids is 2. The quantitative estimate of drug-likeness (QED) is 0.591. The molecule has 29 heavy (non-hydrogen) atoms. The summed E-state index contributed by atoms with van der Waals surface area (Å²) in [6, 6.07) is 14.8. The van der Waals surface area contributed by atoms with Gasteiger partial charge in [-0.15, -0.1) is 11.8 Å². The zero-order chi connectivity index (χ0) is 20.8. The number of nitrogens with zero attached hydrogens (tertiary/aromatic N) is 1. The number of hydrogen-bond acceptors (Lipinski definition) is 4. The summed E-state index contributed by atoms with van der Waals surface area (Å²) in [5.74, 6) is -0.261. The standard InChI is InChI=1S/C22H20FN3O2S/c1-14-5-8-16(20(27)24-2)12-19(14)26-21(28)18-4-3-11-25-22(18)29-13-15-6-9-17(23)10-7-15/h3-12H,13H2,1-2H3,(H,24,27)(H,26,28). The van der Waals surface area contributed by atoms with Crippen LogP contribution in [0.1, 0.15) is 31.8 Å². The Morgan fingerprint density at radius 2 is 1.83 bits per heavy atom. The first kappa shape index (κ1) is 20.5. The van der Waals surface area contributed by atoms with Gasteiger partial charge in [-0.1, -0.05) is 18.2 Å². The van der Waals surface area contributed by atoms with Crippen molar-refractivity contribution in [3.63, 3.8) is 0 Å². The average Bonchev–Trinajstić information content (AvgIpc) is 2.74. The fourth-order valence-electron chi connectivity index (χ4n) is 2.64. The molecule has 1 aromatic heterocycles. The van der Waals surface area contributed by atoms with Gasteiger partial charge in [0.2, 0.25) is 0 Å². The molecule has 5 nitrogen and oxygen atoms in total. The lowest BCUT2D eigenvalue weighted by atomic mass is 10.1. The highest BCUT2D eigenvalue weighted by molar-refractivity contribution is 7.98. The van der Waals surface area contributed by atoms with Gasteiger partial charge in [0.1, 0.15) is 10.8 Å². The van der Waals surface area contributed by atoms with Gasteiger partial charge in [-0.05, 0) is 54.4 Å². The van der Waals surface area contributed by atoms with E-state index in [1.54, 1.807) is 55.7 Å². The molecule has 2 aromatic carbocycles. The fraction of sp³-hybridized carbons (Fsp3) is 0.136. The number of pyridine rings is 1. The molecular weight excluding hydrogens is 389 g/mol. The molecule has 148 valence electrons. The molecular formula is C22H20FN3O2S. The van der Waals surface area contributed by atoms with Crippen LogP contribution in [0.4, 0.5) is 10.1 Å². The minimum Gasteiger partial charge on any atom is -0.355 e. The van der Waals surface area contributed by atoms with Gasteiger partial charge >= 0.3 is 0 Å². The van der Waals surface area contributed by atoms with Gasteiger partial charge in [0.15, 0.2) is 0 Å². The highest BCUT2D eigenvalue weighted by Crippen LogP contribution is 2.26. The van der Waals surface area contributed by atoms with Crippen LogP contribution in [0.25, 0.3) is 0 Å². The van der Waals surface area contributed by atoms with E-state index < -0.39 is 0 Å². The monoisotopic (exact) mass is 409 g/mol. The summed E-state index contributed by atoms with van der Waals surface area (Å²) in [5, 5.41) is 6.02. The predicted molar refractivity (Wildman–Crippen MR) is 113 cm³/mol. The minimum absolute atomic E-state index is 0.225. The second-order valence-corrected chi connectivity index (χ2v) is 7.30. The van der Waals surface area contributed by atoms with Crippen molar-refractivity contribution in [1.29, 1.82) is 0 Å². The van der Waals surface area contributed by atoms with E-state index in [9.17, 15) is 14.0 Å². The second kappa shape index (κ2) is 9.34. The number of aromatic nitrogens is 1. The smallest absolute Gasteiger partial charge is 0.258 e. The number of halogens is 1. The Morgan fingerprint density at radius 1 is 1.07 bits per heavy atom. The van der Waals surface area contributed by atoms with Crippen LogP contribution < -0.4 is 10.6 Å². The number of aryl methyl sites for hydroxylation is 1. The van der Waals surface area contributed by atoms with Crippen LogP contribution in [0.5, 0.6) is 0 Å². The van der Waals surface area contributed by atoms with E-state index in [0.29, 0.717) is 27.6 Å². The fourth-order valence-corrected chi connectivity index (χ4v) is 3.59. The van der Waals surface area contributed by atoms with Crippen molar-refractivity contribution in [2.24, 2.45) is 0 Å². The van der Waals surface area contributed by atoms with Gasteiger partial charge in [-0.25, -0.2) is 9.37 Å². The van der Waals surface area contributed by atoms with Crippen molar-refractivity contribution in [2.75, 3.05) is 12.4 Å². The first-order valence-corrected chi connectivity index (χ1v) is 9.93. The van der Waals surface area contributed by atoms with Crippen molar-refractivity contribution in [3.8, 4) is 0 Å². The summed E-state index contributed by atoms with van der Waals surface area (Å²) in [6.07, 6.45) is 1.63. The van der Waals surface area contributed by atoms with Crippen LogP contribution in [0.2, 0.25) is 0 Å². The van der Waals surface area contributed by atoms with Crippen molar-refractivity contribution in [1.82, 2.24) is 10.3 Å². The lowest BCUT2D eigenvalue weighted by Gasteiger charge is -2.12. The molecule has 7 heteroatoms. The second-order valence-electron chi connectivity index (χ2n) is 6.33. The highest BCUT2D eigenvalue weighted by atomic mass is 32.2. The van der Waals surface area contributed by atoms with E-state index in [1.807, 2.05) is 6.92 Å². The zero-order valence-electron chi connectivity index (χ0n) is 16.0. The molecule has 0 atom stereocenters. The number of amides is 2. The van der Waals surface area contributed by atoms with Crippen LogP contribution >= 0.6 is 11.8 Å². The van der Waals surface area contributed by atoms with Crippen molar-refractivity contribution in [3.05, 3.63) is 88.9 Å². The summed E-state index contributed by atoms with van der Waals surface area (Å²) in [6.45, 7) is 1.86. The molecule has 3 aromatic rings. The van der Waals surface area contributed by atoms with Gasteiger partial charge in [0.25, 0.3) is 11.8 Å². The lowest BCUT2D eigenvalue weighted by molar-refractivity contribution is 0.0961. The lowest BCUT2D eigenvalue weighted by Crippen LogP contribution is -2.19. The van der Waals surface area contributed by atoms with E-state index in [-0.39, 0.29) is 17.6 Å². The van der Waals surface area contributed by atoms with Crippen molar-refractivity contribution in [2.45, 2.75) is 17.7 Å². The van der Waals surface area contributed by atoms with Gasteiger partial charge < -0.3 is 10.6 Å². The first-order valence-electron chi connectivity index (χ1n) is 8.94. The number of anilines is 1. The van der Waals surface area contributed by atoms with Crippen molar-refractivity contribution < 1.29 is 14.0 Å². The van der Waals surface area contributed by atoms with Gasteiger partial charge in [-0.2, -0.15) is 0 Å². The Kier molecular flexibility index (Phi) is 6.61. The van der Waals surface area contributed by atoms with E-state index in [0.717, 1.165) is 11.1 Å². The molecule has 0 radical (unpaired) electrons. The van der Waals surface area contributed by atoms with Crippen LogP contribution in [0.15, 0.2) is 65.8 Å². The van der Waals surface area contributed by atoms with Crippen LogP contribution in [-0.2, 0) is 5.75 Å². The third-order valence-corrected chi connectivity index (χ3v) is 5.36. The maximum absolute atomic E-state index is 13.1. The SMILES string of the molecule is CNC(=O)c1ccc(C)c(NC(=O)c2cccnc2SCc2ccc(F)cc2)c1. The molecule has 3 rings (SSSR count). The Labute approximate surface area is 172 Å². The highest BCUT2D eigenvalue weighted by Gasteiger charge is 2.15. The van der Waals surface area contributed by atoms with Gasteiger partial charge in [0, 0.05) is 30.2 Å². The molecule has 0 spiro atoms. The topological polar surface area (TPSA) is 71.1 Å². The third kappa shape index (κ3) is 5.20. The predicted octanol–water partition coefficient (Wildman–Crippen LogP) is 4.43. The zero-order valence-corrected chi connectivity index (χ0v) is 16.8. The maximum Gasteiger partial charge on any atom is 0.258 e. The molecule has 2 amide bonds. The summed E-state index contributed by atoms with van der Waals surface area (Å²) < 4.78 is 13.1. The Balaban J connectivity index is 1.78. The Hall–Kier alpha value is -3.19. The summed E-state index contributed by atoms with van der Waals surface area (Å²) in [4.78, 5) is 29.1. The maximum atomic E-state index is 13.1. The molecule has 0 unspecified atom stereocenters. The summed E-state index contributed by atoms with van der Waals surface area (Å²) in [7, 11) is 1.56. The van der Waals surface area contributed by atoms with E-state index in [1.165, 1.54) is 23.9 Å². The molecule has 0 fully saturated rings. The normalized spacial score (nSPS) is 10.4. The van der Waals surface area contributed by atoms with E-state index >= 15 is 0 Å². The summed E-state index contributed by atoms with van der Waals surface area (Å²) in [5.41, 5.74) is 3.24. The number of rotatable bonds is 6. The van der Waals surface area contributed by atoms with Crippen LogP contribution in [-0.4, -0.2) is 23.8 Å². The van der Waals surface area contributed by atoms with E-state index in [2.05, 4.69) is 15.6 Å². The molecule has 0 saturated carbocycles. The molecule has 0 aliphatic rings. The number of benzene rings is 2. The number of hydrogen-bond donors (Lipinski definition) is 2. The molecule has 2 N–H and O–H groups in total. The Bertz CT molecular complexity index is 1040. The number of nitrogens with one attached hydrogen (secondary N) is 2. The Morgan fingerprint density at radius 3 is 2.55 bits per heavy atom. The molecule has 0 aliphatic heterocycles. The van der Waals surface area contributed by atoms with E-state index in [4.69, 9.17) is 0 Å². The molecule has 1 heterocycles. The van der Waals surface area contributed by atoms with Crippen LogP contribution in [0, 0.1) is 12.7 Å². The third-order valence-electron chi connectivity index (χ3n) is 4.28. The molecule has 0 aliphatic carbocycles. The number of thioether (sulfide) groups is 1. The molecule has 0 saturated heterocycles. The van der Waals surface area contributed by atoms with Crippen LogP contribution in [0.3, 0.4) is 0 Å². The first-order chi connectivity index (χ1) is 14.0. The largest absolute Gasteiger partial charge is 0.355 e. The van der Waals surface area contributed by atoms with Gasteiger partial charge in [0.05, 0.1) is 5.56 Å². The minimum atomic E-state index is -0.308. The van der Waals surface area contributed by atoms with Gasteiger partial charge in [-0.3, -0.25) is 9.59 Å². The molecule has 0 bridgehead atoms. The number of carbonyl (C=O) groups is 2. The summed E-state index contributed by atoms with van der Waals surface area (Å²) >= 11 is 1.40. The van der Waals surface area contributed by atoms with Crippen molar-refractivity contribution >= 4 is 29.3 Å².